The summed E-state index contributed by atoms with van der Waals surface area (Å²) in [6.07, 6.45) is 7.39. The molecule has 1 aliphatic carbocycles. The Morgan fingerprint density at radius 2 is 0.426 bits per heavy atom. The molecule has 10 aromatic rings. The molecule has 562 valence electrons. The Labute approximate surface area is 644 Å². The highest BCUT2D eigenvalue weighted by Crippen LogP contribution is 2.57. The van der Waals surface area contributed by atoms with Gasteiger partial charge in [-0.15, -0.1) is 0 Å². The number of nitrogens with one attached hydrogen (secondary N) is 2. The van der Waals surface area contributed by atoms with Crippen molar-refractivity contribution >= 4 is 43.6 Å². The molecule has 2 N–H and O–H groups in total. The fraction of sp³-hybridized carbons (Fsp3) is 0.400. The number of aromatic amines is 2. The minimum atomic E-state index is -0.303. The van der Waals surface area contributed by atoms with E-state index in [2.05, 4.69) is 346 Å². The summed E-state index contributed by atoms with van der Waals surface area (Å²) < 4.78 is 32.4. The van der Waals surface area contributed by atoms with Gasteiger partial charge in [0.15, 0.2) is 23.0 Å². The summed E-state index contributed by atoms with van der Waals surface area (Å²) in [6.45, 7) is 55.7. The summed E-state index contributed by atoms with van der Waals surface area (Å²) in [4.78, 5) is 20.8. The predicted octanol–water partition coefficient (Wildman–Crippen LogP) is 30.0. The zero-order chi connectivity index (χ0) is 77.6. The molecular weight excluding hydrogens is 1320 g/mol. The molecule has 13 rings (SSSR count). The SMILES string of the molecule is CCC(C)(C)c1ccc(Oc2c3nc(c(Oc4ccc(C(C)(C)CC)cc4C(C)(C)CC)c4[nH]c(c(Oc5ccc(C(C)(C)CC)cc5C(C)(C)CC)c5nc(c(Oc6ccc(C(C)(C)CC)cc6C(C)(C)CC)c6[nH]c2c2ccccc62)-c2ccccc2-5)c2ccccc42)-c2ccccc2-3)c(C(C)(C)CC)c1. The van der Waals surface area contributed by atoms with E-state index in [4.69, 9.17) is 28.9 Å². The first-order valence-corrected chi connectivity index (χ1v) is 40.3. The smallest absolute Gasteiger partial charge is 0.177 e. The van der Waals surface area contributed by atoms with Crippen LogP contribution in [0.3, 0.4) is 0 Å². The lowest BCUT2D eigenvalue weighted by atomic mass is 9.76. The number of hydrogen-bond acceptors (Lipinski definition) is 6. The molecule has 0 atom stereocenters. The summed E-state index contributed by atoms with van der Waals surface area (Å²) in [5, 5.41) is 3.68. The van der Waals surface area contributed by atoms with Crippen molar-refractivity contribution in [2.24, 2.45) is 0 Å². The predicted molar refractivity (Wildman–Crippen MR) is 457 cm³/mol. The molecule has 3 aliphatic rings. The average molecular weight is 1440 g/mol. The van der Waals surface area contributed by atoms with E-state index in [1.54, 1.807) is 0 Å². The molecular formula is C100H118N4O4. The first kappa shape index (κ1) is 76.8. The molecule has 8 aromatic carbocycles. The number of hydrogen-bond donors (Lipinski definition) is 2. The summed E-state index contributed by atoms with van der Waals surface area (Å²) in [7, 11) is 0. The normalized spacial score (nSPS) is 13.1. The van der Waals surface area contributed by atoms with Gasteiger partial charge in [0.2, 0.25) is 0 Å². The lowest BCUT2D eigenvalue weighted by Crippen LogP contribution is -2.20. The van der Waals surface area contributed by atoms with E-state index in [-0.39, 0.29) is 43.3 Å². The summed E-state index contributed by atoms with van der Waals surface area (Å²) >= 11 is 0. The Balaban J connectivity index is 1.31. The third-order valence-electron chi connectivity index (χ3n) is 26.4. The van der Waals surface area contributed by atoms with Crippen molar-refractivity contribution in [2.75, 3.05) is 0 Å². The van der Waals surface area contributed by atoms with Crippen LogP contribution >= 0.6 is 0 Å². The van der Waals surface area contributed by atoms with Gasteiger partial charge in [0.05, 0.1) is 22.1 Å². The van der Waals surface area contributed by atoms with Crippen molar-refractivity contribution in [1.82, 2.24) is 19.9 Å². The fourth-order valence-corrected chi connectivity index (χ4v) is 15.2. The fourth-order valence-electron chi connectivity index (χ4n) is 15.2. The van der Waals surface area contributed by atoms with E-state index in [0.717, 1.165) is 162 Å². The third kappa shape index (κ3) is 13.6. The number of aromatic nitrogens is 4. The van der Waals surface area contributed by atoms with Gasteiger partial charge in [0.1, 0.15) is 45.8 Å². The number of H-pyrrole nitrogens is 2. The second-order valence-corrected chi connectivity index (χ2v) is 36.0. The van der Waals surface area contributed by atoms with Gasteiger partial charge in [-0.3, -0.25) is 0 Å². The highest BCUT2D eigenvalue weighted by Gasteiger charge is 2.38. The van der Waals surface area contributed by atoms with E-state index >= 15 is 0 Å². The van der Waals surface area contributed by atoms with Gasteiger partial charge in [0.25, 0.3) is 0 Å². The van der Waals surface area contributed by atoms with Gasteiger partial charge < -0.3 is 28.9 Å². The molecule has 0 spiro atoms. The van der Waals surface area contributed by atoms with Crippen LogP contribution in [0.2, 0.25) is 0 Å². The molecule has 8 bridgehead atoms. The van der Waals surface area contributed by atoms with Crippen molar-refractivity contribution in [3.05, 3.63) is 214 Å². The lowest BCUT2D eigenvalue weighted by molar-refractivity contribution is 0.434. The highest BCUT2D eigenvalue weighted by atomic mass is 16.5. The van der Waals surface area contributed by atoms with Crippen LogP contribution < -0.4 is 18.9 Å². The maximum absolute atomic E-state index is 8.09. The summed E-state index contributed by atoms with van der Waals surface area (Å²) in [5.74, 6) is 5.24. The van der Waals surface area contributed by atoms with Crippen LogP contribution in [0.25, 0.3) is 88.6 Å². The Kier molecular flexibility index (Phi) is 20.3. The molecule has 0 radical (unpaired) electrons. The van der Waals surface area contributed by atoms with Gasteiger partial charge in [-0.1, -0.05) is 312 Å². The molecule has 0 amide bonds. The van der Waals surface area contributed by atoms with Crippen molar-refractivity contribution in [2.45, 2.75) is 261 Å². The van der Waals surface area contributed by atoms with Crippen LogP contribution in [-0.2, 0) is 43.3 Å². The maximum atomic E-state index is 8.09. The molecule has 108 heavy (non-hydrogen) atoms. The van der Waals surface area contributed by atoms with E-state index < -0.39 is 0 Å². The molecule has 0 unspecified atom stereocenters. The van der Waals surface area contributed by atoms with Crippen molar-refractivity contribution in [3.8, 4) is 91.0 Å². The molecule has 0 saturated heterocycles. The molecule has 0 fully saturated rings. The van der Waals surface area contributed by atoms with Gasteiger partial charge in [0, 0.05) is 66.1 Å². The second-order valence-electron chi connectivity index (χ2n) is 36.0. The molecule has 2 aliphatic heterocycles. The first-order chi connectivity index (χ1) is 51.1. The monoisotopic (exact) mass is 1440 g/mol. The lowest BCUT2D eigenvalue weighted by Gasteiger charge is -2.30. The molecule has 4 heterocycles. The van der Waals surface area contributed by atoms with Gasteiger partial charge in [-0.25, -0.2) is 9.97 Å². The zero-order valence-corrected chi connectivity index (χ0v) is 69.4. The first-order valence-electron chi connectivity index (χ1n) is 40.3. The van der Waals surface area contributed by atoms with Gasteiger partial charge in [-0.05, 0) is 141 Å². The van der Waals surface area contributed by atoms with Gasteiger partial charge in [-0.2, -0.15) is 0 Å². The number of nitrogens with zero attached hydrogens (tertiary/aromatic N) is 2. The second kappa shape index (κ2) is 28.6. The summed E-state index contributed by atoms with van der Waals surface area (Å²) in [5.41, 5.74) is 17.1. The Hall–Kier alpha value is -9.40. The minimum absolute atomic E-state index is 0.0946. The molecule has 0 saturated carbocycles. The van der Waals surface area contributed by atoms with Crippen molar-refractivity contribution in [3.63, 3.8) is 0 Å². The van der Waals surface area contributed by atoms with Crippen molar-refractivity contribution < 1.29 is 18.9 Å². The quantitative estimate of drug-likeness (QED) is 0.0626. The average Bonchev–Trinajstić information content (AvgIpc) is 1.49. The maximum Gasteiger partial charge on any atom is 0.177 e. The number of benzene rings is 8. The standard InChI is InChI=1S/C100H118N4O4/c1-25-93(9,10)61-49-53-77(73(57-61)97(17,18)29-5)105-89-81-65-41-33-35-43-67(65)83(101-81)90(106-78-54-50-62(94(11,12)26-2)58-74(78)98(19,20)30-6)85-69-45-37-39-47-71(69)87(103-85)92(108-80-56-52-64(96(15,16)28-4)60-76(80)100(23,24)32-8)88-72-48-40-38-46-70(72)86(104-88)91(84-68-44-36-34-42-66(68)82(89)102-84)107-79-55-51-63(95(13,14)27-3)59-75(79)99(21,22)31-7/h33-60,101,104H,25-32H2,1-24H3. The van der Waals surface area contributed by atoms with Crippen molar-refractivity contribution in [1.29, 1.82) is 0 Å². The Morgan fingerprint density at radius 3 is 0.611 bits per heavy atom. The van der Waals surface area contributed by atoms with E-state index in [1.807, 2.05) is 0 Å². The van der Waals surface area contributed by atoms with Crippen LogP contribution in [-0.4, -0.2) is 19.9 Å². The van der Waals surface area contributed by atoms with Crippen LogP contribution in [0, 0.1) is 0 Å². The number of ether oxygens (including phenoxy) is 4. The highest BCUT2D eigenvalue weighted by molar-refractivity contribution is 6.16. The van der Waals surface area contributed by atoms with Crippen LogP contribution in [0.5, 0.6) is 46.0 Å². The van der Waals surface area contributed by atoms with Crippen LogP contribution in [0.4, 0.5) is 0 Å². The van der Waals surface area contributed by atoms with E-state index in [1.165, 1.54) is 22.3 Å². The van der Waals surface area contributed by atoms with E-state index in [0.29, 0.717) is 45.8 Å². The summed E-state index contributed by atoms with van der Waals surface area (Å²) in [6, 6.07) is 62.2. The largest absolute Gasteiger partial charge is 0.453 e. The Morgan fingerprint density at radius 1 is 0.241 bits per heavy atom. The van der Waals surface area contributed by atoms with Crippen LogP contribution in [0.1, 0.15) is 262 Å². The molecule has 8 nitrogen and oxygen atoms in total. The molecule has 2 aromatic heterocycles. The van der Waals surface area contributed by atoms with Crippen LogP contribution in [0.15, 0.2) is 170 Å². The Bertz CT molecular complexity index is 4810. The van der Waals surface area contributed by atoms with Gasteiger partial charge >= 0.3 is 0 Å². The third-order valence-corrected chi connectivity index (χ3v) is 26.4. The molecule has 8 heteroatoms. The van der Waals surface area contributed by atoms with E-state index in [9.17, 15) is 0 Å². The zero-order valence-electron chi connectivity index (χ0n) is 69.4. The number of rotatable bonds is 24. The minimum Gasteiger partial charge on any atom is -0.453 e. The topological polar surface area (TPSA) is 94.3 Å².